The van der Waals surface area contributed by atoms with Crippen molar-refractivity contribution in [1.82, 2.24) is 4.90 Å². The van der Waals surface area contributed by atoms with Crippen molar-refractivity contribution in [1.29, 1.82) is 0 Å². The molecule has 1 aliphatic heterocycles. The Labute approximate surface area is 163 Å². The van der Waals surface area contributed by atoms with Crippen LogP contribution in [0.3, 0.4) is 0 Å². The number of benzene rings is 1. The number of carbonyl (C=O) groups excluding carboxylic acids is 1. The van der Waals surface area contributed by atoms with Crippen LogP contribution in [0.5, 0.6) is 0 Å². The van der Waals surface area contributed by atoms with E-state index in [-0.39, 0.29) is 30.7 Å². The average Bonchev–Trinajstić information content (AvgIpc) is 2.60. The Balaban J connectivity index is 0.00000288. The van der Waals surface area contributed by atoms with Gasteiger partial charge in [0.05, 0.1) is 5.41 Å². The summed E-state index contributed by atoms with van der Waals surface area (Å²) >= 11 is 0. The number of amides is 1. The molecule has 0 radical (unpaired) electrons. The monoisotopic (exact) mass is 391 g/mol. The van der Waals surface area contributed by atoms with Crippen LogP contribution < -0.4 is 11.1 Å². The number of hydrogen-bond acceptors (Lipinski definition) is 4. The lowest BCUT2D eigenvalue weighted by Crippen LogP contribution is -2.46. The number of nitrogens with one attached hydrogen (secondary N) is 1. The quantitative estimate of drug-likeness (QED) is 0.749. The van der Waals surface area contributed by atoms with Crippen LogP contribution in [0.2, 0.25) is 0 Å². The predicted molar refractivity (Wildman–Crippen MR) is 108 cm³/mol. The van der Waals surface area contributed by atoms with Gasteiger partial charge in [-0.3, -0.25) is 9.69 Å². The fourth-order valence-corrected chi connectivity index (χ4v) is 3.00. The summed E-state index contributed by atoms with van der Waals surface area (Å²) in [4.78, 5) is 15.1. The Bertz CT molecular complexity index is 519. The van der Waals surface area contributed by atoms with Gasteiger partial charge in [0.2, 0.25) is 5.91 Å². The first kappa shape index (κ1) is 24.1. The minimum Gasteiger partial charge on any atom is -0.381 e. The molecule has 0 bridgehead atoms. The summed E-state index contributed by atoms with van der Waals surface area (Å²) in [5, 5.41) is 3.06. The summed E-state index contributed by atoms with van der Waals surface area (Å²) in [5.74, 6) is 0.0169. The van der Waals surface area contributed by atoms with Gasteiger partial charge in [-0.25, -0.2) is 0 Å². The Hall–Kier alpha value is -0.850. The maximum Gasteiger partial charge on any atom is 0.232 e. The number of carbonyl (C=O) groups is 1. The van der Waals surface area contributed by atoms with E-state index in [1.54, 1.807) is 0 Å². The molecule has 0 aromatic heterocycles. The molecule has 25 heavy (non-hydrogen) atoms. The Morgan fingerprint density at radius 2 is 1.88 bits per heavy atom. The van der Waals surface area contributed by atoms with Crippen LogP contribution in [0.4, 0.5) is 5.69 Å². The summed E-state index contributed by atoms with van der Waals surface area (Å²) in [5.41, 5.74) is 7.46. The first-order valence-electron chi connectivity index (χ1n) is 8.54. The third-order valence-electron chi connectivity index (χ3n) is 4.81. The van der Waals surface area contributed by atoms with Crippen LogP contribution in [0, 0.1) is 5.41 Å². The van der Waals surface area contributed by atoms with Gasteiger partial charge in [-0.2, -0.15) is 0 Å². The van der Waals surface area contributed by atoms with E-state index in [0.29, 0.717) is 32.6 Å². The van der Waals surface area contributed by atoms with Gasteiger partial charge in [0.25, 0.3) is 0 Å². The van der Waals surface area contributed by atoms with Gasteiger partial charge in [0, 0.05) is 32.0 Å². The SMILES string of the molecule is CCN(CC)Cc1cccc(NC(=O)C2(CN)CCOCC2)c1.Cl.Cl. The highest BCUT2D eigenvalue weighted by molar-refractivity contribution is 5.95. The summed E-state index contributed by atoms with van der Waals surface area (Å²) in [6, 6.07) is 8.08. The van der Waals surface area contributed by atoms with Gasteiger partial charge in [0.15, 0.2) is 0 Å². The minimum absolute atomic E-state index is 0. The van der Waals surface area contributed by atoms with E-state index in [4.69, 9.17) is 10.5 Å². The molecule has 3 N–H and O–H groups in total. The number of rotatable bonds is 7. The molecule has 1 saturated heterocycles. The van der Waals surface area contributed by atoms with Crippen LogP contribution in [-0.2, 0) is 16.1 Å². The van der Waals surface area contributed by atoms with Crippen molar-refractivity contribution in [3.8, 4) is 0 Å². The van der Waals surface area contributed by atoms with Gasteiger partial charge < -0.3 is 15.8 Å². The molecule has 0 saturated carbocycles. The van der Waals surface area contributed by atoms with Crippen LogP contribution in [0.15, 0.2) is 24.3 Å². The Morgan fingerprint density at radius 1 is 1.24 bits per heavy atom. The normalized spacial score (nSPS) is 15.8. The predicted octanol–water partition coefficient (Wildman–Crippen LogP) is 3.07. The lowest BCUT2D eigenvalue weighted by molar-refractivity contribution is -0.130. The molecule has 5 nitrogen and oxygen atoms in total. The van der Waals surface area contributed by atoms with E-state index >= 15 is 0 Å². The zero-order valence-electron chi connectivity index (χ0n) is 15.1. The summed E-state index contributed by atoms with van der Waals surface area (Å²) in [7, 11) is 0. The molecule has 144 valence electrons. The zero-order valence-corrected chi connectivity index (χ0v) is 16.8. The van der Waals surface area contributed by atoms with Crippen molar-refractivity contribution in [2.45, 2.75) is 33.2 Å². The number of nitrogens with zero attached hydrogens (tertiary/aromatic N) is 1. The van der Waals surface area contributed by atoms with Crippen molar-refractivity contribution >= 4 is 36.4 Å². The van der Waals surface area contributed by atoms with Gasteiger partial charge in [-0.05, 0) is 43.6 Å². The summed E-state index contributed by atoms with van der Waals surface area (Å²) in [6.45, 7) is 8.82. The minimum atomic E-state index is -0.493. The van der Waals surface area contributed by atoms with Gasteiger partial charge in [-0.15, -0.1) is 24.8 Å². The van der Waals surface area contributed by atoms with Crippen molar-refractivity contribution < 1.29 is 9.53 Å². The maximum atomic E-state index is 12.7. The average molecular weight is 392 g/mol. The van der Waals surface area contributed by atoms with E-state index in [1.165, 1.54) is 5.56 Å². The third-order valence-corrected chi connectivity index (χ3v) is 4.81. The molecule has 1 aromatic rings. The van der Waals surface area contributed by atoms with Crippen molar-refractivity contribution in [3.05, 3.63) is 29.8 Å². The van der Waals surface area contributed by atoms with Gasteiger partial charge in [0.1, 0.15) is 0 Å². The smallest absolute Gasteiger partial charge is 0.232 e. The molecular formula is C18H31Cl2N3O2. The lowest BCUT2D eigenvalue weighted by Gasteiger charge is -2.34. The molecule has 2 rings (SSSR count). The third kappa shape index (κ3) is 6.42. The molecule has 0 unspecified atom stereocenters. The largest absolute Gasteiger partial charge is 0.381 e. The van der Waals surface area contributed by atoms with Gasteiger partial charge in [-0.1, -0.05) is 26.0 Å². The highest BCUT2D eigenvalue weighted by Gasteiger charge is 2.38. The van der Waals surface area contributed by atoms with Crippen LogP contribution in [0.25, 0.3) is 0 Å². The number of anilines is 1. The number of nitrogens with two attached hydrogens (primary N) is 1. The second kappa shape index (κ2) is 11.7. The van der Waals surface area contributed by atoms with E-state index < -0.39 is 5.41 Å². The standard InChI is InChI=1S/C18H29N3O2.2ClH/c1-3-21(4-2)13-15-6-5-7-16(12-15)20-17(22)18(14-19)8-10-23-11-9-18;;/h5-7,12H,3-4,8-11,13-14,19H2,1-2H3,(H,20,22);2*1H. The molecule has 1 heterocycles. The summed E-state index contributed by atoms with van der Waals surface area (Å²) in [6.07, 6.45) is 1.38. The Morgan fingerprint density at radius 3 is 2.44 bits per heavy atom. The second-order valence-corrected chi connectivity index (χ2v) is 6.21. The van der Waals surface area contributed by atoms with E-state index in [9.17, 15) is 4.79 Å². The van der Waals surface area contributed by atoms with Crippen LogP contribution >= 0.6 is 24.8 Å². The highest BCUT2D eigenvalue weighted by Crippen LogP contribution is 2.31. The van der Waals surface area contributed by atoms with E-state index in [1.807, 2.05) is 12.1 Å². The molecule has 0 spiro atoms. The fourth-order valence-electron chi connectivity index (χ4n) is 3.00. The van der Waals surface area contributed by atoms with E-state index in [2.05, 4.69) is 36.2 Å². The molecule has 0 aliphatic carbocycles. The molecule has 1 fully saturated rings. The number of halogens is 2. The first-order chi connectivity index (χ1) is 11.1. The molecule has 7 heteroatoms. The lowest BCUT2D eigenvalue weighted by atomic mass is 9.79. The zero-order chi connectivity index (χ0) is 16.7. The fraction of sp³-hybridized carbons (Fsp3) is 0.611. The molecule has 1 aliphatic rings. The summed E-state index contributed by atoms with van der Waals surface area (Å²) < 4.78 is 5.37. The molecular weight excluding hydrogens is 361 g/mol. The maximum absolute atomic E-state index is 12.7. The molecule has 1 aromatic carbocycles. The number of hydrogen-bond donors (Lipinski definition) is 2. The van der Waals surface area contributed by atoms with E-state index in [0.717, 1.165) is 25.3 Å². The Kier molecular flexibility index (Phi) is 11.3. The van der Waals surface area contributed by atoms with Gasteiger partial charge >= 0.3 is 0 Å². The van der Waals surface area contributed by atoms with Crippen molar-refractivity contribution in [2.75, 3.05) is 38.2 Å². The van der Waals surface area contributed by atoms with Crippen LogP contribution in [0.1, 0.15) is 32.3 Å². The molecule has 1 amide bonds. The van der Waals surface area contributed by atoms with Crippen molar-refractivity contribution in [2.24, 2.45) is 11.1 Å². The topological polar surface area (TPSA) is 67.6 Å². The van der Waals surface area contributed by atoms with Crippen molar-refractivity contribution in [3.63, 3.8) is 0 Å². The molecule has 0 atom stereocenters. The van der Waals surface area contributed by atoms with Crippen LogP contribution in [-0.4, -0.2) is 43.7 Å². The number of ether oxygens (including phenoxy) is 1. The second-order valence-electron chi connectivity index (χ2n) is 6.21. The first-order valence-corrected chi connectivity index (χ1v) is 8.54. The highest BCUT2D eigenvalue weighted by atomic mass is 35.5.